The highest BCUT2D eigenvalue weighted by Crippen LogP contribution is 2.39. The van der Waals surface area contributed by atoms with Crippen LogP contribution in [0.15, 0.2) is 42.5 Å². The van der Waals surface area contributed by atoms with Gasteiger partial charge in [-0.15, -0.1) is 0 Å². The molecule has 2 aromatic carbocycles. The molecule has 2 nitrogen and oxygen atoms in total. The zero-order valence-corrected chi connectivity index (χ0v) is 22.7. The molecule has 4 rings (SSSR count). The molecule has 198 valence electrons. The van der Waals surface area contributed by atoms with Gasteiger partial charge in [-0.3, -0.25) is 0 Å². The second-order valence-electron chi connectivity index (χ2n) is 11.3. The molecule has 1 aliphatic carbocycles. The number of rotatable bonds is 12. The molecule has 36 heavy (non-hydrogen) atoms. The van der Waals surface area contributed by atoms with Gasteiger partial charge in [-0.1, -0.05) is 102 Å². The largest absolute Gasteiger partial charge is 0.348 e. The zero-order chi connectivity index (χ0) is 25.2. The number of hydrogen-bond donors (Lipinski definition) is 0. The highest BCUT2D eigenvalue weighted by molar-refractivity contribution is 5.65. The predicted octanol–water partition coefficient (Wildman–Crippen LogP) is 9.98. The Morgan fingerprint density at radius 1 is 0.694 bits per heavy atom. The SMILES string of the molecule is CCCCCCC[C@H]1CO[C@H](c2ccc(-c3ccc(C4CCC(CCCC)CC4)cc3F)cc2)OC1. The minimum absolute atomic E-state index is 0.111. The average Bonchev–Trinajstić information content (AvgIpc) is 2.92. The van der Waals surface area contributed by atoms with E-state index in [1.54, 1.807) is 6.07 Å². The van der Waals surface area contributed by atoms with Crippen molar-refractivity contribution < 1.29 is 13.9 Å². The normalized spacial score (nSPS) is 24.6. The van der Waals surface area contributed by atoms with Crippen molar-refractivity contribution >= 4 is 0 Å². The number of halogens is 1. The second-order valence-corrected chi connectivity index (χ2v) is 11.3. The molecule has 0 unspecified atom stereocenters. The molecule has 2 fully saturated rings. The quantitative estimate of drug-likeness (QED) is 0.273. The van der Waals surface area contributed by atoms with Gasteiger partial charge in [0.15, 0.2) is 6.29 Å². The Bertz CT molecular complexity index is 892. The molecular weight excluding hydrogens is 447 g/mol. The van der Waals surface area contributed by atoms with Crippen LogP contribution in [0.5, 0.6) is 0 Å². The Hall–Kier alpha value is -1.71. The van der Waals surface area contributed by atoms with Crippen LogP contribution in [0.4, 0.5) is 4.39 Å². The summed E-state index contributed by atoms with van der Waals surface area (Å²) in [4.78, 5) is 0. The maximum absolute atomic E-state index is 15.2. The van der Waals surface area contributed by atoms with Gasteiger partial charge in [0.1, 0.15) is 5.82 Å². The highest BCUT2D eigenvalue weighted by Gasteiger charge is 2.24. The number of unbranched alkanes of at least 4 members (excludes halogenated alkanes) is 5. The summed E-state index contributed by atoms with van der Waals surface area (Å²) in [5.74, 6) is 1.78. The van der Waals surface area contributed by atoms with Gasteiger partial charge in [-0.2, -0.15) is 0 Å². The van der Waals surface area contributed by atoms with Gasteiger partial charge in [0.2, 0.25) is 0 Å². The van der Waals surface area contributed by atoms with Crippen molar-refractivity contribution in [2.24, 2.45) is 11.8 Å². The Kier molecular flexibility index (Phi) is 10.8. The third-order valence-electron chi connectivity index (χ3n) is 8.45. The molecule has 2 aromatic rings. The van der Waals surface area contributed by atoms with E-state index in [4.69, 9.17) is 9.47 Å². The van der Waals surface area contributed by atoms with E-state index in [1.807, 2.05) is 30.3 Å². The molecule has 0 amide bonds. The highest BCUT2D eigenvalue weighted by atomic mass is 19.1. The van der Waals surface area contributed by atoms with E-state index in [2.05, 4.69) is 19.9 Å². The van der Waals surface area contributed by atoms with Crippen LogP contribution in [-0.2, 0) is 9.47 Å². The van der Waals surface area contributed by atoms with E-state index in [0.717, 1.165) is 30.3 Å². The first-order valence-electron chi connectivity index (χ1n) is 14.8. The lowest BCUT2D eigenvalue weighted by atomic mass is 9.77. The molecule has 0 radical (unpaired) electrons. The lowest BCUT2D eigenvalue weighted by molar-refractivity contribution is -0.206. The van der Waals surface area contributed by atoms with E-state index >= 15 is 4.39 Å². The molecule has 1 saturated heterocycles. The smallest absolute Gasteiger partial charge is 0.183 e. The summed E-state index contributed by atoms with van der Waals surface area (Å²) in [5, 5.41) is 0. The van der Waals surface area contributed by atoms with Crippen LogP contribution in [0.3, 0.4) is 0 Å². The monoisotopic (exact) mass is 494 g/mol. The van der Waals surface area contributed by atoms with Crippen molar-refractivity contribution in [2.75, 3.05) is 13.2 Å². The van der Waals surface area contributed by atoms with Crippen LogP contribution in [0.2, 0.25) is 0 Å². The molecule has 1 heterocycles. The van der Waals surface area contributed by atoms with Crippen molar-refractivity contribution in [2.45, 2.75) is 110 Å². The molecule has 0 spiro atoms. The summed E-state index contributed by atoms with van der Waals surface area (Å²) in [6.07, 6.45) is 16.4. The Labute approximate surface area is 219 Å². The minimum atomic E-state index is -0.310. The van der Waals surface area contributed by atoms with E-state index < -0.39 is 0 Å². The van der Waals surface area contributed by atoms with Gasteiger partial charge < -0.3 is 9.47 Å². The first kappa shape index (κ1) is 27.3. The number of ether oxygens (including phenoxy) is 2. The van der Waals surface area contributed by atoms with Gasteiger partial charge >= 0.3 is 0 Å². The average molecular weight is 495 g/mol. The van der Waals surface area contributed by atoms with Gasteiger partial charge in [0.25, 0.3) is 0 Å². The lowest BCUT2D eigenvalue weighted by Gasteiger charge is -2.30. The fourth-order valence-corrected chi connectivity index (χ4v) is 6.06. The summed E-state index contributed by atoms with van der Waals surface area (Å²) in [6, 6.07) is 14.0. The standard InChI is InChI=1S/C33H47FO2/c1-3-5-7-8-9-11-26-23-35-33(36-24-26)29-18-16-28(17-19-29)31-21-20-30(22-32(31)34)27-14-12-25(13-15-27)10-6-4-2/h16-22,25-27,33H,3-15,23-24H2,1-2H3/t25?,26-,27?,33-. The molecule has 2 aliphatic rings. The van der Waals surface area contributed by atoms with Crippen molar-refractivity contribution in [1.82, 2.24) is 0 Å². The van der Waals surface area contributed by atoms with Gasteiger partial charge in [-0.05, 0) is 61.1 Å². The summed E-state index contributed by atoms with van der Waals surface area (Å²) in [6.45, 7) is 6.04. The first-order valence-corrected chi connectivity index (χ1v) is 14.8. The predicted molar refractivity (Wildman–Crippen MR) is 148 cm³/mol. The summed E-state index contributed by atoms with van der Waals surface area (Å²) >= 11 is 0. The third kappa shape index (κ3) is 7.65. The zero-order valence-electron chi connectivity index (χ0n) is 22.7. The van der Waals surface area contributed by atoms with Gasteiger partial charge in [0.05, 0.1) is 13.2 Å². The fourth-order valence-electron chi connectivity index (χ4n) is 6.06. The van der Waals surface area contributed by atoms with Crippen molar-refractivity contribution in [3.8, 4) is 11.1 Å². The summed E-state index contributed by atoms with van der Waals surface area (Å²) in [5.41, 5.74) is 3.77. The second kappa shape index (κ2) is 14.3. The minimum Gasteiger partial charge on any atom is -0.348 e. The van der Waals surface area contributed by atoms with Crippen LogP contribution in [0.25, 0.3) is 11.1 Å². The van der Waals surface area contributed by atoms with Crippen molar-refractivity contribution in [1.29, 1.82) is 0 Å². The van der Waals surface area contributed by atoms with Gasteiger partial charge in [0, 0.05) is 17.0 Å². The number of hydrogen-bond acceptors (Lipinski definition) is 2. The lowest BCUT2D eigenvalue weighted by Crippen LogP contribution is -2.27. The Morgan fingerprint density at radius 2 is 1.33 bits per heavy atom. The van der Waals surface area contributed by atoms with Crippen molar-refractivity contribution in [3.05, 3.63) is 59.4 Å². The van der Waals surface area contributed by atoms with E-state index in [0.29, 0.717) is 17.4 Å². The maximum Gasteiger partial charge on any atom is 0.183 e. The maximum atomic E-state index is 15.2. The Balaban J connectivity index is 1.27. The third-order valence-corrected chi connectivity index (χ3v) is 8.45. The molecule has 1 aliphatic heterocycles. The molecule has 0 N–H and O–H groups in total. The molecule has 0 aromatic heterocycles. The van der Waals surface area contributed by atoms with E-state index in [-0.39, 0.29) is 12.1 Å². The Morgan fingerprint density at radius 3 is 2.00 bits per heavy atom. The molecule has 0 bridgehead atoms. The molecule has 0 atom stereocenters. The molecular formula is C33H47FO2. The summed E-state index contributed by atoms with van der Waals surface area (Å²) in [7, 11) is 0. The molecule has 1 saturated carbocycles. The summed E-state index contributed by atoms with van der Waals surface area (Å²) < 4.78 is 27.2. The van der Waals surface area contributed by atoms with Crippen LogP contribution < -0.4 is 0 Å². The topological polar surface area (TPSA) is 18.5 Å². The van der Waals surface area contributed by atoms with Crippen LogP contribution >= 0.6 is 0 Å². The van der Waals surface area contributed by atoms with Crippen LogP contribution in [0.1, 0.15) is 121 Å². The number of benzene rings is 2. The van der Waals surface area contributed by atoms with Crippen molar-refractivity contribution in [3.63, 3.8) is 0 Å². The molecule has 3 heteroatoms. The first-order chi connectivity index (χ1) is 17.7. The van der Waals surface area contributed by atoms with E-state index in [9.17, 15) is 0 Å². The van der Waals surface area contributed by atoms with Crippen LogP contribution in [0, 0.1) is 17.7 Å². The van der Waals surface area contributed by atoms with Gasteiger partial charge in [-0.25, -0.2) is 4.39 Å². The van der Waals surface area contributed by atoms with E-state index in [1.165, 1.54) is 89.0 Å². The fraction of sp³-hybridized carbons (Fsp3) is 0.636. The van der Waals surface area contributed by atoms with Crippen LogP contribution in [-0.4, -0.2) is 13.2 Å².